The lowest BCUT2D eigenvalue weighted by Crippen LogP contribution is -2.28. The molecule has 1 aliphatic heterocycles. The fourth-order valence-corrected chi connectivity index (χ4v) is 3.43. The number of benzene rings is 1. The summed E-state index contributed by atoms with van der Waals surface area (Å²) in [7, 11) is 0. The second-order valence-corrected chi connectivity index (χ2v) is 6.25. The van der Waals surface area contributed by atoms with Crippen LogP contribution < -0.4 is 5.32 Å². The summed E-state index contributed by atoms with van der Waals surface area (Å²) in [6.45, 7) is 1.40. The van der Waals surface area contributed by atoms with Crippen molar-refractivity contribution >= 4 is 16.9 Å². The molecule has 6 heteroatoms. The first-order valence-corrected chi connectivity index (χ1v) is 8.30. The minimum Gasteiger partial charge on any atom is -0.480 e. The molecule has 0 amide bonds. The number of aromatic amines is 1. The van der Waals surface area contributed by atoms with Gasteiger partial charge >= 0.3 is 5.97 Å². The number of carboxylic acids is 1. The van der Waals surface area contributed by atoms with E-state index < -0.39 is 12.0 Å². The van der Waals surface area contributed by atoms with Crippen LogP contribution in [0.15, 0.2) is 36.5 Å². The molecule has 1 aromatic carbocycles. The third kappa shape index (κ3) is 2.69. The lowest BCUT2D eigenvalue weighted by Gasteiger charge is -2.13. The molecule has 1 aliphatic rings. The Hall–Kier alpha value is -2.60. The number of fused-ring (bicyclic) bond motifs is 2. The zero-order chi connectivity index (χ0) is 16.5. The van der Waals surface area contributed by atoms with Crippen LogP contribution in [0.2, 0.25) is 0 Å². The number of H-pyrrole nitrogens is 1. The standard InChI is InChI=1S/C18H20N4O2/c23-18(24)17(15-11-19-16-7-2-1-6-14(15)16)20-10-12-9-13-5-3-4-8-22(13)21-12/h1-2,6-7,9,11,17,19-20H,3-5,8,10H2,(H,23,24). The lowest BCUT2D eigenvalue weighted by molar-refractivity contribution is -0.139. The van der Waals surface area contributed by atoms with E-state index in [1.54, 1.807) is 6.20 Å². The molecule has 3 N–H and O–H groups in total. The zero-order valence-corrected chi connectivity index (χ0v) is 13.3. The average molecular weight is 324 g/mol. The van der Waals surface area contributed by atoms with Crippen molar-refractivity contribution in [2.45, 2.75) is 38.4 Å². The number of nitrogens with one attached hydrogen (secondary N) is 2. The first-order valence-electron chi connectivity index (χ1n) is 8.30. The number of carboxylic acid groups (broad SMARTS) is 1. The summed E-state index contributed by atoms with van der Waals surface area (Å²) in [5.74, 6) is -0.885. The molecule has 24 heavy (non-hydrogen) atoms. The van der Waals surface area contributed by atoms with Crippen molar-refractivity contribution in [2.75, 3.05) is 0 Å². The lowest BCUT2D eigenvalue weighted by atomic mass is 10.1. The van der Waals surface area contributed by atoms with Gasteiger partial charge in [0.05, 0.1) is 5.69 Å². The van der Waals surface area contributed by atoms with Crippen molar-refractivity contribution in [1.29, 1.82) is 0 Å². The Balaban J connectivity index is 1.56. The molecule has 4 rings (SSSR count). The third-order valence-electron chi connectivity index (χ3n) is 4.63. The predicted octanol–water partition coefficient (Wildman–Crippen LogP) is 2.62. The Morgan fingerprint density at radius 1 is 1.38 bits per heavy atom. The number of aliphatic carboxylic acids is 1. The maximum absolute atomic E-state index is 11.8. The van der Waals surface area contributed by atoms with E-state index in [0.29, 0.717) is 6.54 Å². The molecule has 1 atom stereocenters. The molecule has 0 fully saturated rings. The number of aryl methyl sites for hydroxylation is 2. The van der Waals surface area contributed by atoms with E-state index in [2.05, 4.69) is 21.5 Å². The van der Waals surface area contributed by atoms with Crippen LogP contribution in [0.4, 0.5) is 0 Å². The summed E-state index contributed by atoms with van der Waals surface area (Å²) in [5, 5.41) is 18.3. The molecule has 0 bridgehead atoms. The highest BCUT2D eigenvalue weighted by atomic mass is 16.4. The van der Waals surface area contributed by atoms with Crippen molar-refractivity contribution < 1.29 is 9.90 Å². The van der Waals surface area contributed by atoms with Crippen LogP contribution in [-0.4, -0.2) is 25.8 Å². The molecular weight excluding hydrogens is 304 g/mol. The van der Waals surface area contributed by atoms with Crippen LogP contribution in [-0.2, 0) is 24.3 Å². The van der Waals surface area contributed by atoms with Crippen LogP contribution in [0, 0.1) is 0 Å². The maximum Gasteiger partial charge on any atom is 0.325 e. The summed E-state index contributed by atoms with van der Waals surface area (Å²) in [6, 6.07) is 9.05. The molecule has 0 saturated heterocycles. The van der Waals surface area contributed by atoms with Gasteiger partial charge in [0.2, 0.25) is 0 Å². The van der Waals surface area contributed by atoms with E-state index >= 15 is 0 Å². The van der Waals surface area contributed by atoms with Gasteiger partial charge in [-0.05, 0) is 31.4 Å². The van der Waals surface area contributed by atoms with E-state index in [0.717, 1.165) is 41.5 Å². The molecular formula is C18H20N4O2. The monoisotopic (exact) mass is 324 g/mol. The molecule has 0 aliphatic carbocycles. The number of hydrogen-bond donors (Lipinski definition) is 3. The van der Waals surface area contributed by atoms with E-state index in [9.17, 15) is 9.90 Å². The molecule has 0 radical (unpaired) electrons. The second-order valence-electron chi connectivity index (χ2n) is 6.25. The first kappa shape index (κ1) is 15.0. The number of para-hydroxylation sites is 1. The Kier molecular flexibility index (Phi) is 3.82. The summed E-state index contributed by atoms with van der Waals surface area (Å²) in [6.07, 6.45) is 5.19. The van der Waals surface area contributed by atoms with Crippen molar-refractivity contribution in [3.63, 3.8) is 0 Å². The summed E-state index contributed by atoms with van der Waals surface area (Å²) >= 11 is 0. The topological polar surface area (TPSA) is 82.9 Å². The Morgan fingerprint density at radius 3 is 3.08 bits per heavy atom. The Labute approximate surface area is 139 Å². The van der Waals surface area contributed by atoms with Crippen LogP contribution in [0.3, 0.4) is 0 Å². The van der Waals surface area contributed by atoms with Gasteiger partial charge in [-0.15, -0.1) is 0 Å². The van der Waals surface area contributed by atoms with Crippen molar-refractivity contribution in [3.8, 4) is 0 Å². The number of rotatable bonds is 5. The van der Waals surface area contributed by atoms with E-state index in [-0.39, 0.29) is 0 Å². The summed E-state index contributed by atoms with van der Waals surface area (Å²) in [5.41, 5.74) is 3.84. The second kappa shape index (κ2) is 6.13. The van der Waals surface area contributed by atoms with Gasteiger partial charge in [-0.1, -0.05) is 18.2 Å². The van der Waals surface area contributed by atoms with Gasteiger partial charge in [0.1, 0.15) is 6.04 Å². The molecule has 0 spiro atoms. The smallest absolute Gasteiger partial charge is 0.325 e. The van der Waals surface area contributed by atoms with E-state index in [1.807, 2.05) is 28.9 Å². The van der Waals surface area contributed by atoms with Crippen molar-refractivity contribution in [3.05, 3.63) is 53.5 Å². The summed E-state index contributed by atoms with van der Waals surface area (Å²) in [4.78, 5) is 14.9. The highest BCUT2D eigenvalue weighted by Crippen LogP contribution is 2.25. The van der Waals surface area contributed by atoms with Crippen LogP contribution >= 0.6 is 0 Å². The molecule has 6 nitrogen and oxygen atoms in total. The quantitative estimate of drug-likeness (QED) is 0.674. The molecule has 2 aromatic heterocycles. The van der Waals surface area contributed by atoms with Crippen molar-refractivity contribution in [1.82, 2.24) is 20.1 Å². The molecule has 3 aromatic rings. The fraction of sp³-hybridized carbons (Fsp3) is 0.333. The Morgan fingerprint density at radius 2 is 2.25 bits per heavy atom. The number of nitrogens with zero attached hydrogens (tertiary/aromatic N) is 2. The van der Waals surface area contributed by atoms with Gasteiger partial charge in [0.15, 0.2) is 0 Å². The molecule has 124 valence electrons. The highest BCUT2D eigenvalue weighted by molar-refractivity contribution is 5.89. The normalized spacial score (nSPS) is 15.3. The first-order chi connectivity index (χ1) is 11.7. The molecule has 3 heterocycles. The number of carbonyl (C=O) groups is 1. The zero-order valence-electron chi connectivity index (χ0n) is 13.3. The van der Waals surface area contributed by atoms with Gasteiger partial charge in [0.25, 0.3) is 0 Å². The summed E-state index contributed by atoms with van der Waals surface area (Å²) < 4.78 is 2.04. The van der Waals surface area contributed by atoms with Crippen molar-refractivity contribution in [2.24, 2.45) is 0 Å². The SMILES string of the molecule is O=C(O)C(NCc1cc2n(n1)CCCC2)c1c[nH]c2ccccc12. The van der Waals surface area contributed by atoms with E-state index in [4.69, 9.17) is 0 Å². The Bertz CT molecular complexity index is 857. The number of aromatic nitrogens is 3. The number of hydrogen-bond acceptors (Lipinski definition) is 3. The van der Waals surface area contributed by atoms with Gasteiger partial charge in [0, 0.05) is 41.4 Å². The third-order valence-corrected chi connectivity index (χ3v) is 4.63. The van der Waals surface area contributed by atoms with Crippen LogP contribution in [0.25, 0.3) is 10.9 Å². The van der Waals surface area contributed by atoms with Gasteiger partial charge in [-0.25, -0.2) is 0 Å². The van der Waals surface area contributed by atoms with Crippen LogP contribution in [0.1, 0.15) is 35.8 Å². The van der Waals surface area contributed by atoms with Gasteiger partial charge in [-0.3, -0.25) is 14.8 Å². The maximum atomic E-state index is 11.8. The average Bonchev–Trinajstić information content (AvgIpc) is 3.19. The predicted molar refractivity (Wildman–Crippen MR) is 90.7 cm³/mol. The molecule has 1 unspecified atom stereocenters. The van der Waals surface area contributed by atoms with Gasteiger partial charge in [-0.2, -0.15) is 5.10 Å². The molecule has 0 saturated carbocycles. The fourth-order valence-electron chi connectivity index (χ4n) is 3.43. The van der Waals surface area contributed by atoms with Gasteiger partial charge < -0.3 is 10.1 Å². The largest absolute Gasteiger partial charge is 0.480 e. The van der Waals surface area contributed by atoms with E-state index in [1.165, 1.54) is 12.1 Å². The minimum absolute atomic E-state index is 0.441. The highest BCUT2D eigenvalue weighted by Gasteiger charge is 2.23. The van der Waals surface area contributed by atoms with Crippen LogP contribution in [0.5, 0.6) is 0 Å². The minimum atomic E-state index is -0.885.